The first-order valence-corrected chi connectivity index (χ1v) is 6.23. The van der Waals surface area contributed by atoms with Crippen molar-refractivity contribution >= 4 is 23.5 Å². The van der Waals surface area contributed by atoms with Crippen LogP contribution in [0.15, 0.2) is 36.4 Å². The van der Waals surface area contributed by atoms with Crippen molar-refractivity contribution in [2.24, 2.45) is 0 Å². The van der Waals surface area contributed by atoms with E-state index in [2.05, 4.69) is 5.32 Å². The molecule has 0 saturated carbocycles. The molecule has 0 spiro atoms. The van der Waals surface area contributed by atoms with Crippen LogP contribution in [0.3, 0.4) is 0 Å². The average molecular weight is 317 g/mol. The van der Waals surface area contributed by atoms with Crippen molar-refractivity contribution in [1.82, 2.24) is 0 Å². The van der Waals surface area contributed by atoms with E-state index in [-0.39, 0.29) is 11.3 Å². The van der Waals surface area contributed by atoms with E-state index in [1.54, 1.807) is 0 Å². The molecule has 0 fully saturated rings. The minimum Gasteiger partial charge on any atom is -0.508 e. The molecule has 0 aliphatic carbocycles. The SMILES string of the molecule is O=C(O)c1cccc(NC(=O)c2cc(O)cc(C(=O)O)c2O)c1. The highest BCUT2D eigenvalue weighted by Gasteiger charge is 2.20. The van der Waals surface area contributed by atoms with Gasteiger partial charge in [-0.25, -0.2) is 9.59 Å². The van der Waals surface area contributed by atoms with Gasteiger partial charge in [0.25, 0.3) is 5.91 Å². The van der Waals surface area contributed by atoms with Crippen LogP contribution in [0.25, 0.3) is 0 Å². The molecule has 2 aromatic carbocycles. The summed E-state index contributed by atoms with van der Waals surface area (Å²) in [6.07, 6.45) is 0. The molecular weight excluding hydrogens is 306 g/mol. The second-order valence-electron chi connectivity index (χ2n) is 4.53. The molecule has 118 valence electrons. The van der Waals surface area contributed by atoms with E-state index >= 15 is 0 Å². The van der Waals surface area contributed by atoms with Crippen LogP contribution in [-0.2, 0) is 0 Å². The summed E-state index contributed by atoms with van der Waals surface area (Å²) in [5.74, 6) is -4.91. The van der Waals surface area contributed by atoms with Crippen LogP contribution in [-0.4, -0.2) is 38.3 Å². The van der Waals surface area contributed by atoms with Crippen molar-refractivity contribution in [1.29, 1.82) is 0 Å². The first-order valence-electron chi connectivity index (χ1n) is 6.23. The summed E-state index contributed by atoms with van der Waals surface area (Å²) in [6.45, 7) is 0. The Labute approximate surface area is 129 Å². The summed E-state index contributed by atoms with van der Waals surface area (Å²) in [5, 5.41) is 39.4. The lowest BCUT2D eigenvalue weighted by Gasteiger charge is -2.10. The molecule has 5 N–H and O–H groups in total. The highest BCUT2D eigenvalue weighted by molar-refractivity contribution is 6.09. The number of carbonyl (C=O) groups is 3. The van der Waals surface area contributed by atoms with Gasteiger partial charge in [-0.1, -0.05) is 6.07 Å². The molecule has 0 unspecified atom stereocenters. The third-order valence-electron chi connectivity index (χ3n) is 2.94. The fourth-order valence-electron chi connectivity index (χ4n) is 1.88. The van der Waals surface area contributed by atoms with Gasteiger partial charge in [-0.15, -0.1) is 0 Å². The lowest BCUT2D eigenvalue weighted by atomic mass is 10.1. The van der Waals surface area contributed by atoms with Crippen molar-refractivity contribution in [2.45, 2.75) is 0 Å². The largest absolute Gasteiger partial charge is 0.508 e. The van der Waals surface area contributed by atoms with Crippen molar-refractivity contribution in [2.75, 3.05) is 5.32 Å². The van der Waals surface area contributed by atoms with E-state index in [0.717, 1.165) is 12.1 Å². The second-order valence-corrected chi connectivity index (χ2v) is 4.53. The predicted octanol–water partition coefficient (Wildman–Crippen LogP) is 1.75. The number of phenols is 2. The average Bonchev–Trinajstić information content (AvgIpc) is 2.49. The van der Waals surface area contributed by atoms with Crippen LogP contribution >= 0.6 is 0 Å². The van der Waals surface area contributed by atoms with Gasteiger partial charge < -0.3 is 25.7 Å². The number of amides is 1. The topological polar surface area (TPSA) is 144 Å². The summed E-state index contributed by atoms with van der Waals surface area (Å²) < 4.78 is 0. The highest BCUT2D eigenvalue weighted by Crippen LogP contribution is 2.28. The molecule has 8 nitrogen and oxygen atoms in total. The first-order chi connectivity index (χ1) is 10.8. The molecule has 0 aliphatic rings. The third-order valence-corrected chi connectivity index (χ3v) is 2.94. The molecule has 8 heteroatoms. The van der Waals surface area contributed by atoms with Gasteiger partial charge in [0.2, 0.25) is 0 Å². The summed E-state index contributed by atoms with van der Waals surface area (Å²) in [5.41, 5.74) is -1.01. The van der Waals surface area contributed by atoms with Crippen molar-refractivity contribution in [3.63, 3.8) is 0 Å². The molecule has 0 saturated heterocycles. The quantitative estimate of drug-likeness (QED) is 0.540. The number of carboxylic acids is 2. The Balaban J connectivity index is 2.36. The fourth-order valence-corrected chi connectivity index (χ4v) is 1.88. The number of aromatic carboxylic acids is 2. The fraction of sp³-hybridized carbons (Fsp3) is 0. The minimum absolute atomic E-state index is 0.0610. The van der Waals surface area contributed by atoms with Crippen molar-refractivity contribution in [3.05, 3.63) is 53.1 Å². The number of aromatic hydroxyl groups is 2. The maximum Gasteiger partial charge on any atom is 0.339 e. The number of anilines is 1. The first kappa shape index (κ1) is 15.8. The number of phenolic OH excluding ortho intramolecular Hbond substituents is 1. The van der Waals surface area contributed by atoms with Gasteiger partial charge in [-0.3, -0.25) is 4.79 Å². The zero-order valence-corrected chi connectivity index (χ0v) is 11.5. The molecule has 0 aliphatic heterocycles. The van der Waals surface area contributed by atoms with Gasteiger partial charge >= 0.3 is 11.9 Å². The summed E-state index contributed by atoms with van der Waals surface area (Å²) in [6, 6.07) is 7.05. The number of benzene rings is 2. The third kappa shape index (κ3) is 3.38. The molecule has 0 bridgehead atoms. The van der Waals surface area contributed by atoms with Crippen LogP contribution in [0.4, 0.5) is 5.69 Å². The maximum absolute atomic E-state index is 12.1. The normalized spacial score (nSPS) is 10.1. The van der Waals surface area contributed by atoms with Crippen LogP contribution < -0.4 is 5.32 Å². The van der Waals surface area contributed by atoms with E-state index in [4.69, 9.17) is 10.2 Å². The molecule has 2 rings (SSSR count). The summed E-state index contributed by atoms with van der Waals surface area (Å²) in [7, 11) is 0. The summed E-state index contributed by atoms with van der Waals surface area (Å²) in [4.78, 5) is 34.0. The number of hydrogen-bond acceptors (Lipinski definition) is 5. The van der Waals surface area contributed by atoms with Crippen molar-refractivity contribution < 1.29 is 34.8 Å². The van der Waals surface area contributed by atoms with Gasteiger partial charge in [0.1, 0.15) is 17.1 Å². The van der Waals surface area contributed by atoms with E-state index in [9.17, 15) is 24.6 Å². The van der Waals surface area contributed by atoms with Crippen LogP contribution in [0.1, 0.15) is 31.1 Å². The van der Waals surface area contributed by atoms with Gasteiger partial charge in [-0.05, 0) is 30.3 Å². The standard InChI is InChI=1S/C15H11NO7/c17-9-5-10(12(18)11(6-9)15(22)23)13(19)16-8-3-1-2-7(4-8)14(20)21/h1-6,17-18H,(H,16,19)(H,20,21)(H,22,23). The summed E-state index contributed by atoms with van der Waals surface area (Å²) >= 11 is 0. The molecule has 0 heterocycles. The zero-order chi connectivity index (χ0) is 17.1. The van der Waals surface area contributed by atoms with E-state index in [1.807, 2.05) is 0 Å². The molecule has 1 amide bonds. The number of nitrogens with one attached hydrogen (secondary N) is 1. The van der Waals surface area contributed by atoms with Crippen LogP contribution in [0.2, 0.25) is 0 Å². The van der Waals surface area contributed by atoms with E-state index in [0.29, 0.717) is 0 Å². The van der Waals surface area contributed by atoms with Gasteiger partial charge in [0.15, 0.2) is 0 Å². The molecular formula is C15H11NO7. The van der Waals surface area contributed by atoms with Gasteiger partial charge in [-0.2, -0.15) is 0 Å². The van der Waals surface area contributed by atoms with Gasteiger partial charge in [0, 0.05) is 5.69 Å². The minimum atomic E-state index is -1.51. The number of carbonyl (C=O) groups excluding carboxylic acids is 1. The Kier molecular flexibility index (Phi) is 4.17. The van der Waals surface area contributed by atoms with Crippen LogP contribution in [0, 0.1) is 0 Å². The van der Waals surface area contributed by atoms with Gasteiger partial charge in [0.05, 0.1) is 11.1 Å². The monoisotopic (exact) mass is 317 g/mol. The number of hydrogen-bond donors (Lipinski definition) is 5. The molecule has 0 atom stereocenters. The Morgan fingerprint density at radius 1 is 0.870 bits per heavy atom. The Bertz CT molecular complexity index is 813. The Hall–Kier alpha value is -3.55. The Morgan fingerprint density at radius 3 is 2.13 bits per heavy atom. The molecule has 2 aromatic rings. The van der Waals surface area contributed by atoms with Crippen LogP contribution in [0.5, 0.6) is 11.5 Å². The molecule has 0 radical (unpaired) electrons. The highest BCUT2D eigenvalue weighted by atomic mass is 16.4. The predicted molar refractivity (Wildman–Crippen MR) is 78.1 cm³/mol. The lowest BCUT2D eigenvalue weighted by Crippen LogP contribution is -2.14. The second kappa shape index (κ2) is 6.06. The molecule has 0 aromatic heterocycles. The van der Waals surface area contributed by atoms with E-state index in [1.165, 1.54) is 24.3 Å². The lowest BCUT2D eigenvalue weighted by molar-refractivity contribution is 0.0683. The number of rotatable bonds is 4. The Morgan fingerprint density at radius 2 is 1.52 bits per heavy atom. The molecule has 23 heavy (non-hydrogen) atoms. The maximum atomic E-state index is 12.1. The number of carboxylic acid groups (broad SMARTS) is 2. The zero-order valence-electron chi connectivity index (χ0n) is 11.5. The van der Waals surface area contributed by atoms with Crippen molar-refractivity contribution in [3.8, 4) is 11.5 Å². The smallest absolute Gasteiger partial charge is 0.339 e. The van der Waals surface area contributed by atoms with E-state index < -0.39 is 40.5 Å².